The maximum Gasteiger partial charge on any atom is 0.243 e. The summed E-state index contributed by atoms with van der Waals surface area (Å²) < 4.78 is 26.5. The smallest absolute Gasteiger partial charge is 0.243 e. The second-order valence-electron chi connectivity index (χ2n) is 6.94. The Kier molecular flexibility index (Phi) is 5.62. The van der Waals surface area contributed by atoms with Crippen LogP contribution in [0, 0.1) is 11.8 Å². The Bertz CT molecular complexity index is 769. The number of carboxylic acid groups (broad SMARTS) is 1. The van der Waals surface area contributed by atoms with Crippen LogP contribution in [0.2, 0.25) is 0 Å². The topological polar surface area (TPSA) is 107 Å². The molecule has 0 aromatic heterocycles. The molecule has 3 rings (SSSR count). The summed E-state index contributed by atoms with van der Waals surface area (Å²) in [7, 11) is -3.49. The number of benzene rings is 1. The Balaban J connectivity index is 1.69. The van der Waals surface area contributed by atoms with Gasteiger partial charge < -0.3 is 15.2 Å². The number of aliphatic carboxylic acids is 1. The molecule has 1 heterocycles. The average molecular weight is 379 g/mol. The van der Waals surface area contributed by atoms with Gasteiger partial charge in [-0.1, -0.05) is 12.8 Å². The first-order valence-electron chi connectivity index (χ1n) is 9.01. The number of sulfonamides is 1. The van der Waals surface area contributed by atoms with Crippen molar-refractivity contribution in [1.29, 1.82) is 0 Å². The summed E-state index contributed by atoms with van der Waals surface area (Å²) in [6.07, 6.45) is 4.31. The number of carboxylic acids is 1. The molecular weight excluding hydrogens is 356 g/mol. The van der Waals surface area contributed by atoms with Crippen LogP contribution in [0.3, 0.4) is 0 Å². The summed E-state index contributed by atoms with van der Waals surface area (Å²) >= 11 is 0. The van der Waals surface area contributed by atoms with Crippen LogP contribution in [0.4, 0.5) is 5.69 Å². The van der Waals surface area contributed by atoms with Crippen LogP contribution in [0.15, 0.2) is 29.2 Å². The average Bonchev–Trinajstić information content (AvgIpc) is 3.17. The number of anilines is 1. The Morgan fingerprint density at radius 3 is 2.12 bits per heavy atom. The molecule has 1 aliphatic heterocycles. The fraction of sp³-hybridized carbons (Fsp3) is 0.556. The summed E-state index contributed by atoms with van der Waals surface area (Å²) in [5, 5.41) is 13.9. The van der Waals surface area contributed by atoms with E-state index in [2.05, 4.69) is 5.32 Å². The van der Waals surface area contributed by atoms with E-state index >= 15 is 0 Å². The molecule has 1 N–H and O–H groups in total. The van der Waals surface area contributed by atoms with E-state index in [0.29, 0.717) is 31.6 Å². The first-order valence-corrected chi connectivity index (χ1v) is 10.5. The molecule has 7 nitrogen and oxygen atoms in total. The monoisotopic (exact) mass is 379 g/mol. The van der Waals surface area contributed by atoms with E-state index in [1.54, 1.807) is 0 Å². The first-order chi connectivity index (χ1) is 12.4. The molecule has 1 amide bonds. The standard InChI is InChI=1S/C18H24N2O5S/c21-17(15-5-1-2-6-16(15)18(22)23)19-13-7-9-14(10-8-13)26(24,25)20-11-3-4-12-20/h7-10,15-16H,1-6,11-12H2,(H,19,21)(H,22,23)/p-1. The van der Waals surface area contributed by atoms with Gasteiger partial charge in [0.2, 0.25) is 15.9 Å². The third-order valence-corrected chi connectivity index (χ3v) is 7.14. The minimum atomic E-state index is -3.49. The molecule has 2 atom stereocenters. The van der Waals surface area contributed by atoms with E-state index < -0.39 is 27.8 Å². The van der Waals surface area contributed by atoms with Gasteiger partial charge in [0.1, 0.15) is 0 Å². The van der Waals surface area contributed by atoms with Crippen LogP contribution in [0.1, 0.15) is 38.5 Å². The zero-order valence-electron chi connectivity index (χ0n) is 14.5. The van der Waals surface area contributed by atoms with Crippen LogP contribution < -0.4 is 10.4 Å². The number of rotatable bonds is 5. The number of hydrogen-bond acceptors (Lipinski definition) is 5. The third kappa shape index (κ3) is 3.91. The van der Waals surface area contributed by atoms with Crippen LogP contribution in [0.5, 0.6) is 0 Å². The van der Waals surface area contributed by atoms with E-state index in [1.807, 2.05) is 0 Å². The SMILES string of the molecule is O=C([O-])C1CCCCC1C(=O)Nc1ccc(S(=O)(=O)N2CCCC2)cc1. The molecule has 0 spiro atoms. The predicted octanol–water partition coefficient (Wildman–Crippen LogP) is 0.966. The van der Waals surface area contributed by atoms with Gasteiger partial charge >= 0.3 is 0 Å². The van der Waals surface area contributed by atoms with Crippen LogP contribution in [-0.4, -0.2) is 37.7 Å². The molecule has 1 saturated heterocycles. The van der Waals surface area contributed by atoms with E-state index in [4.69, 9.17) is 0 Å². The lowest BCUT2D eigenvalue weighted by atomic mass is 9.78. The van der Waals surface area contributed by atoms with Gasteiger partial charge in [-0.3, -0.25) is 4.79 Å². The van der Waals surface area contributed by atoms with Gasteiger partial charge in [0.25, 0.3) is 0 Å². The van der Waals surface area contributed by atoms with Crippen molar-refractivity contribution in [1.82, 2.24) is 4.31 Å². The van der Waals surface area contributed by atoms with Crippen molar-refractivity contribution < 1.29 is 23.1 Å². The molecule has 1 saturated carbocycles. The molecule has 142 valence electrons. The highest BCUT2D eigenvalue weighted by atomic mass is 32.2. The molecule has 0 radical (unpaired) electrons. The minimum absolute atomic E-state index is 0.197. The Morgan fingerprint density at radius 2 is 1.54 bits per heavy atom. The number of nitrogens with zero attached hydrogens (tertiary/aromatic N) is 1. The molecule has 2 aliphatic rings. The third-order valence-electron chi connectivity index (χ3n) is 5.23. The number of nitrogens with one attached hydrogen (secondary N) is 1. The van der Waals surface area contributed by atoms with Crippen molar-refractivity contribution in [2.75, 3.05) is 18.4 Å². The lowest BCUT2D eigenvalue weighted by Gasteiger charge is -2.31. The van der Waals surface area contributed by atoms with E-state index in [1.165, 1.54) is 28.6 Å². The Hall–Kier alpha value is -1.93. The highest BCUT2D eigenvalue weighted by molar-refractivity contribution is 7.89. The van der Waals surface area contributed by atoms with E-state index in [9.17, 15) is 23.1 Å². The largest absolute Gasteiger partial charge is 0.550 e. The van der Waals surface area contributed by atoms with Crippen LogP contribution >= 0.6 is 0 Å². The lowest BCUT2D eigenvalue weighted by Crippen LogP contribution is -2.42. The molecule has 1 aromatic carbocycles. The van der Waals surface area contributed by atoms with Crippen molar-refractivity contribution in [3.63, 3.8) is 0 Å². The summed E-state index contributed by atoms with van der Waals surface area (Å²) in [4.78, 5) is 23.9. The minimum Gasteiger partial charge on any atom is -0.550 e. The number of amides is 1. The second-order valence-corrected chi connectivity index (χ2v) is 8.88. The molecule has 1 aromatic rings. The molecule has 1 aliphatic carbocycles. The predicted molar refractivity (Wildman–Crippen MR) is 93.5 cm³/mol. The lowest BCUT2D eigenvalue weighted by molar-refractivity contribution is -0.313. The number of carbonyl (C=O) groups excluding carboxylic acids is 2. The van der Waals surface area contributed by atoms with Crippen molar-refractivity contribution >= 4 is 27.6 Å². The first kappa shape index (κ1) is 18.8. The maximum absolute atomic E-state index is 12.5. The zero-order valence-corrected chi connectivity index (χ0v) is 15.3. The summed E-state index contributed by atoms with van der Waals surface area (Å²) in [6, 6.07) is 6.02. The fourth-order valence-electron chi connectivity index (χ4n) is 3.75. The summed E-state index contributed by atoms with van der Waals surface area (Å²) in [5.74, 6) is -2.91. The summed E-state index contributed by atoms with van der Waals surface area (Å²) in [6.45, 7) is 1.07. The van der Waals surface area contributed by atoms with Gasteiger partial charge in [0.15, 0.2) is 0 Å². The van der Waals surface area contributed by atoms with Crippen molar-refractivity contribution in [3.8, 4) is 0 Å². The fourth-order valence-corrected chi connectivity index (χ4v) is 5.27. The molecule has 2 fully saturated rings. The summed E-state index contributed by atoms with van der Waals surface area (Å²) in [5.41, 5.74) is 0.457. The van der Waals surface area contributed by atoms with Gasteiger partial charge in [0, 0.05) is 36.6 Å². The van der Waals surface area contributed by atoms with Gasteiger partial charge in [-0.2, -0.15) is 4.31 Å². The van der Waals surface area contributed by atoms with Gasteiger partial charge in [-0.25, -0.2) is 8.42 Å². The van der Waals surface area contributed by atoms with E-state index in [0.717, 1.165) is 25.7 Å². The molecule has 2 unspecified atom stereocenters. The van der Waals surface area contributed by atoms with Crippen molar-refractivity contribution in [2.24, 2.45) is 11.8 Å². The quantitative estimate of drug-likeness (QED) is 0.820. The van der Waals surface area contributed by atoms with Crippen LogP contribution in [-0.2, 0) is 19.6 Å². The van der Waals surface area contributed by atoms with E-state index in [-0.39, 0.29) is 10.8 Å². The Labute approximate surface area is 153 Å². The van der Waals surface area contributed by atoms with Gasteiger partial charge in [-0.05, 0) is 49.9 Å². The van der Waals surface area contributed by atoms with Crippen molar-refractivity contribution in [2.45, 2.75) is 43.4 Å². The molecular formula is C18H23N2O5S-. The zero-order chi connectivity index (χ0) is 18.7. The van der Waals surface area contributed by atoms with Gasteiger partial charge in [-0.15, -0.1) is 0 Å². The highest BCUT2D eigenvalue weighted by Crippen LogP contribution is 2.31. The number of hydrogen-bond donors (Lipinski definition) is 1. The highest BCUT2D eigenvalue weighted by Gasteiger charge is 2.32. The van der Waals surface area contributed by atoms with Crippen molar-refractivity contribution in [3.05, 3.63) is 24.3 Å². The Morgan fingerprint density at radius 1 is 0.962 bits per heavy atom. The van der Waals surface area contributed by atoms with Crippen LogP contribution in [0.25, 0.3) is 0 Å². The second kappa shape index (κ2) is 7.75. The molecule has 26 heavy (non-hydrogen) atoms. The maximum atomic E-state index is 12.5. The molecule has 0 bridgehead atoms. The normalized spacial score (nSPS) is 24.3. The number of carbonyl (C=O) groups is 2. The molecule has 8 heteroatoms. The van der Waals surface area contributed by atoms with Gasteiger partial charge in [0.05, 0.1) is 4.90 Å².